The number of hydrogen-bond acceptors (Lipinski definition) is 5. The van der Waals surface area contributed by atoms with Crippen LogP contribution < -0.4 is 0 Å². The molecular weight excluding hydrogens is 264 g/mol. The van der Waals surface area contributed by atoms with E-state index in [0.29, 0.717) is 6.04 Å². The second kappa shape index (κ2) is 6.32. The summed E-state index contributed by atoms with van der Waals surface area (Å²) < 4.78 is 1.85. The number of rotatable bonds is 4. The van der Waals surface area contributed by atoms with E-state index >= 15 is 0 Å². The van der Waals surface area contributed by atoms with Gasteiger partial charge in [-0.1, -0.05) is 6.07 Å². The Balaban J connectivity index is 1.54. The molecule has 0 spiro atoms. The molecule has 1 aliphatic heterocycles. The van der Waals surface area contributed by atoms with Crippen molar-refractivity contribution in [2.24, 2.45) is 7.05 Å². The predicted molar refractivity (Wildman–Crippen MR) is 80.5 cm³/mol. The molecular formula is C15H22N6. The van der Waals surface area contributed by atoms with Crippen molar-refractivity contribution < 1.29 is 0 Å². The van der Waals surface area contributed by atoms with E-state index in [1.54, 1.807) is 6.33 Å². The summed E-state index contributed by atoms with van der Waals surface area (Å²) in [6.45, 7) is 7.36. The maximum atomic E-state index is 4.47. The summed E-state index contributed by atoms with van der Waals surface area (Å²) in [6, 6.07) is 6.51. The molecule has 0 bridgehead atoms. The van der Waals surface area contributed by atoms with Crippen LogP contribution in [-0.4, -0.2) is 55.7 Å². The SMILES string of the molecule is C[C@H](c1ccccn1)N1CCN(Cc2ncnn2C)CC1. The molecule has 0 aliphatic carbocycles. The number of aromatic nitrogens is 4. The Morgan fingerprint density at radius 2 is 1.95 bits per heavy atom. The number of hydrogen-bond donors (Lipinski definition) is 0. The first kappa shape index (κ1) is 14.2. The first-order valence-corrected chi connectivity index (χ1v) is 7.44. The van der Waals surface area contributed by atoms with Crippen LogP contribution in [0.1, 0.15) is 24.5 Å². The van der Waals surface area contributed by atoms with E-state index in [0.717, 1.165) is 44.2 Å². The smallest absolute Gasteiger partial charge is 0.140 e. The van der Waals surface area contributed by atoms with Crippen molar-refractivity contribution in [3.63, 3.8) is 0 Å². The molecule has 0 N–H and O–H groups in total. The molecule has 0 saturated carbocycles. The Bertz CT molecular complexity index is 559. The van der Waals surface area contributed by atoms with Crippen molar-refractivity contribution in [2.75, 3.05) is 26.2 Å². The van der Waals surface area contributed by atoms with E-state index in [2.05, 4.69) is 43.9 Å². The van der Waals surface area contributed by atoms with E-state index in [1.165, 1.54) is 0 Å². The van der Waals surface area contributed by atoms with E-state index in [-0.39, 0.29) is 0 Å². The van der Waals surface area contributed by atoms with Crippen LogP contribution in [-0.2, 0) is 13.6 Å². The highest BCUT2D eigenvalue weighted by Gasteiger charge is 2.23. The minimum Gasteiger partial charge on any atom is -0.293 e. The number of aryl methyl sites for hydroxylation is 1. The highest BCUT2D eigenvalue weighted by Crippen LogP contribution is 2.19. The van der Waals surface area contributed by atoms with Crippen molar-refractivity contribution in [1.29, 1.82) is 0 Å². The second-order valence-corrected chi connectivity index (χ2v) is 5.54. The predicted octanol–water partition coefficient (Wildman–Crippen LogP) is 1.09. The lowest BCUT2D eigenvalue weighted by Gasteiger charge is -2.37. The zero-order valence-electron chi connectivity index (χ0n) is 12.7. The van der Waals surface area contributed by atoms with Crippen LogP contribution in [0, 0.1) is 0 Å². The first-order valence-electron chi connectivity index (χ1n) is 7.44. The molecule has 1 fully saturated rings. The van der Waals surface area contributed by atoms with Gasteiger partial charge < -0.3 is 0 Å². The van der Waals surface area contributed by atoms with Crippen molar-refractivity contribution in [3.05, 3.63) is 42.2 Å². The van der Waals surface area contributed by atoms with Gasteiger partial charge in [0.25, 0.3) is 0 Å². The summed E-state index contributed by atoms with van der Waals surface area (Å²) in [4.78, 5) is 13.7. The van der Waals surface area contributed by atoms with E-state index in [9.17, 15) is 0 Å². The van der Waals surface area contributed by atoms with Crippen LogP contribution >= 0.6 is 0 Å². The third-order valence-electron chi connectivity index (χ3n) is 4.24. The maximum Gasteiger partial charge on any atom is 0.140 e. The minimum absolute atomic E-state index is 0.378. The molecule has 2 aromatic heterocycles. The fraction of sp³-hybridized carbons (Fsp3) is 0.533. The Labute approximate surface area is 125 Å². The van der Waals surface area contributed by atoms with Gasteiger partial charge in [-0.25, -0.2) is 4.98 Å². The normalized spacial score (nSPS) is 18.8. The highest BCUT2D eigenvalue weighted by atomic mass is 15.3. The quantitative estimate of drug-likeness (QED) is 0.842. The largest absolute Gasteiger partial charge is 0.293 e. The van der Waals surface area contributed by atoms with Gasteiger partial charge in [0.05, 0.1) is 12.2 Å². The molecule has 112 valence electrons. The van der Waals surface area contributed by atoms with Crippen LogP contribution in [0.2, 0.25) is 0 Å². The van der Waals surface area contributed by atoms with Crippen molar-refractivity contribution in [2.45, 2.75) is 19.5 Å². The average molecular weight is 286 g/mol. The molecule has 2 aromatic rings. The Hall–Kier alpha value is -1.79. The molecule has 3 rings (SSSR count). The van der Waals surface area contributed by atoms with Crippen molar-refractivity contribution >= 4 is 0 Å². The van der Waals surface area contributed by atoms with E-state index in [1.807, 2.05) is 24.0 Å². The van der Waals surface area contributed by atoms with Crippen LogP contribution in [0.3, 0.4) is 0 Å². The number of piperazine rings is 1. The Morgan fingerprint density at radius 3 is 2.57 bits per heavy atom. The van der Waals surface area contributed by atoms with Gasteiger partial charge >= 0.3 is 0 Å². The lowest BCUT2D eigenvalue weighted by atomic mass is 10.1. The average Bonchev–Trinajstić information content (AvgIpc) is 2.93. The maximum absolute atomic E-state index is 4.47. The monoisotopic (exact) mass is 286 g/mol. The van der Waals surface area contributed by atoms with Crippen molar-refractivity contribution in [1.82, 2.24) is 29.5 Å². The van der Waals surface area contributed by atoms with Gasteiger partial charge in [0.15, 0.2) is 0 Å². The second-order valence-electron chi connectivity index (χ2n) is 5.54. The Kier molecular flexibility index (Phi) is 4.26. The van der Waals surface area contributed by atoms with E-state index < -0.39 is 0 Å². The first-order chi connectivity index (χ1) is 10.2. The standard InChI is InChI=1S/C15H22N6/c1-13(14-5-3-4-6-16-14)21-9-7-20(8-10-21)11-15-17-12-18-19(15)2/h3-6,12-13H,7-11H2,1-2H3/t13-/m1/s1. The molecule has 3 heterocycles. The van der Waals surface area contributed by atoms with Crippen LogP contribution in [0.15, 0.2) is 30.7 Å². The Morgan fingerprint density at radius 1 is 1.14 bits per heavy atom. The summed E-state index contributed by atoms with van der Waals surface area (Å²) in [5.74, 6) is 1.03. The summed E-state index contributed by atoms with van der Waals surface area (Å²) in [5, 5.41) is 4.13. The summed E-state index contributed by atoms with van der Waals surface area (Å²) in [6.07, 6.45) is 3.49. The molecule has 1 saturated heterocycles. The molecule has 0 amide bonds. The lowest BCUT2D eigenvalue weighted by Crippen LogP contribution is -2.47. The van der Waals surface area contributed by atoms with Gasteiger partial charge in [-0.05, 0) is 19.1 Å². The summed E-state index contributed by atoms with van der Waals surface area (Å²) >= 11 is 0. The summed E-state index contributed by atoms with van der Waals surface area (Å²) in [7, 11) is 1.95. The van der Waals surface area contributed by atoms with Crippen molar-refractivity contribution in [3.8, 4) is 0 Å². The number of pyridine rings is 1. The highest BCUT2D eigenvalue weighted by molar-refractivity contribution is 5.08. The molecule has 0 radical (unpaired) electrons. The third kappa shape index (κ3) is 3.28. The van der Waals surface area contributed by atoms with Gasteiger partial charge in [0, 0.05) is 45.5 Å². The zero-order chi connectivity index (χ0) is 14.7. The van der Waals surface area contributed by atoms with Gasteiger partial charge in [0.1, 0.15) is 12.2 Å². The summed E-state index contributed by atoms with van der Waals surface area (Å²) in [5.41, 5.74) is 1.15. The van der Waals surface area contributed by atoms with E-state index in [4.69, 9.17) is 0 Å². The molecule has 1 aliphatic rings. The van der Waals surface area contributed by atoms with Crippen LogP contribution in [0.25, 0.3) is 0 Å². The third-order valence-corrected chi connectivity index (χ3v) is 4.24. The van der Waals surface area contributed by atoms with Gasteiger partial charge in [-0.3, -0.25) is 19.5 Å². The fourth-order valence-electron chi connectivity index (χ4n) is 2.78. The molecule has 0 aromatic carbocycles. The number of nitrogens with zero attached hydrogens (tertiary/aromatic N) is 6. The van der Waals surface area contributed by atoms with Gasteiger partial charge in [-0.15, -0.1) is 0 Å². The molecule has 6 nitrogen and oxygen atoms in total. The fourth-order valence-corrected chi connectivity index (χ4v) is 2.78. The zero-order valence-corrected chi connectivity index (χ0v) is 12.7. The molecule has 6 heteroatoms. The minimum atomic E-state index is 0.378. The molecule has 21 heavy (non-hydrogen) atoms. The van der Waals surface area contributed by atoms with Gasteiger partial charge in [0.2, 0.25) is 0 Å². The van der Waals surface area contributed by atoms with Crippen LogP contribution in [0.4, 0.5) is 0 Å². The lowest BCUT2D eigenvalue weighted by molar-refractivity contribution is 0.0940. The van der Waals surface area contributed by atoms with Crippen LogP contribution in [0.5, 0.6) is 0 Å². The van der Waals surface area contributed by atoms with Gasteiger partial charge in [-0.2, -0.15) is 5.10 Å². The topological polar surface area (TPSA) is 50.1 Å². The molecule has 0 unspecified atom stereocenters. The molecule has 1 atom stereocenters.